The number of anilines is 1. The normalized spacial score (nSPS) is 11.6. The van der Waals surface area contributed by atoms with E-state index < -0.39 is 41.8 Å². The van der Waals surface area contributed by atoms with Gasteiger partial charge in [-0.2, -0.15) is 26.8 Å². The predicted molar refractivity (Wildman–Crippen MR) is 123 cm³/mol. The lowest BCUT2D eigenvalue weighted by Crippen LogP contribution is -2.23. The van der Waals surface area contributed by atoms with Crippen LogP contribution in [0.1, 0.15) is 52.2 Å². The zero-order valence-electron chi connectivity index (χ0n) is 19.1. The third-order valence-electron chi connectivity index (χ3n) is 3.12. The largest absolute Gasteiger partial charge is 0.353 e. The molecule has 32 heavy (non-hydrogen) atoms. The van der Waals surface area contributed by atoms with Crippen molar-refractivity contribution in [2.75, 3.05) is 36.2 Å². The summed E-state index contributed by atoms with van der Waals surface area (Å²) in [4.78, 5) is 12.3. The Morgan fingerprint density at radius 3 is 1.62 bits per heavy atom. The van der Waals surface area contributed by atoms with Gasteiger partial charge in [0.05, 0.1) is 17.8 Å². The minimum Gasteiger partial charge on any atom is -0.353 e. The first kappa shape index (κ1) is 32.7. The summed E-state index contributed by atoms with van der Waals surface area (Å²) in [5.41, 5.74) is 0. The quantitative estimate of drug-likeness (QED) is 0.207. The molecule has 16 heteroatoms. The van der Waals surface area contributed by atoms with E-state index in [2.05, 4.69) is 25.0 Å². The summed E-state index contributed by atoms with van der Waals surface area (Å²) in [7, 11) is -11.6. The van der Waals surface area contributed by atoms with Crippen LogP contribution in [0.25, 0.3) is 0 Å². The molecule has 0 aromatic carbocycles. The first-order valence-corrected chi connectivity index (χ1v) is 15.2. The standard InChI is InChI=1S/C12H23N5O8S3.2C2H6/c1-26(18,19)14-6-2-4-10-15-11(5-3-8-27(20,21)22)17-12(16-10)13-7-9-28(23,24)25;2*1-2/h14H,2-9H2,1H3,(H,20,21,22)(H,23,24,25)(H,13,15,16,17);2*1-2H3. The molecule has 0 spiro atoms. The minimum atomic E-state index is -4.17. The van der Waals surface area contributed by atoms with Gasteiger partial charge in [-0.1, -0.05) is 27.7 Å². The summed E-state index contributed by atoms with van der Waals surface area (Å²) >= 11 is 0. The number of nitrogens with zero attached hydrogens (tertiary/aromatic N) is 3. The van der Waals surface area contributed by atoms with Crippen LogP contribution in [-0.2, 0) is 43.1 Å². The number of nitrogens with one attached hydrogen (secondary N) is 2. The van der Waals surface area contributed by atoms with E-state index in [0.717, 1.165) is 6.26 Å². The summed E-state index contributed by atoms with van der Waals surface area (Å²) in [5.74, 6) is -0.491. The Kier molecular flexibility index (Phi) is 16.6. The van der Waals surface area contributed by atoms with Crippen LogP contribution in [0, 0.1) is 0 Å². The second-order valence-electron chi connectivity index (χ2n) is 5.86. The molecule has 0 aliphatic carbocycles. The molecule has 0 saturated carbocycles. The smallest absolute Gasteiger partial charge is 0.266 e. The number of hydrogen-bond acceptors (Lipinski definition) is 10. The van der Waals surface area contributed by atoms with Gasteiger partial charge in [0.1, 0.15) is 11.6 Å². The van der Waals surface area contributed by atoms with Crippen LogP contribution in [-0.4, -0.2) is 80.2 Å². The van der Waals surface area contributed by atoms with Gasteiger partial charge < -0.3 is 5.32 Å². The van der Waals surface area contributed by atoms with Gasteiger partial charge in [0.2, 0.25) is 16.0 Å². The molecule has 13 nitrogen and oxygen atoms in total. The molecular weight excluding hydrogens is 486 g/mol. The van der Waals surface area contributed by atoms with Crippen LogP contribution < -0.4 is 10.0 Å². The number of aryl methyl sites for hydroxylation is 2. The number of sulfonamides is 1. The van der Waals surface area contributed by atoms with E-state index in [9.17, 15) is 25.3 Å². The molecule has 0 aliphatic heterocycles. The van der Waals surface area contributed by atoms with Crippen molar-refractivity contribution in [1.82, 2.24) is 19.7 Å². The van der Waals surface area contributed by atoms with Crippen molar-refractivity contribution >= 4 is 36.2 Å². The molecular formula is C16H35N5O8S3. The molecule has 1 rings (SSSR count). The van der Waals surface area contributed by atoms with Crippen molar-refractivity contribution in [1.29, 1.82) is 0 Å². The molecule has 1 aromatic rings. The Morgan fingerprint density at radius 1 is 0.719 bits per heavy atom. The monoisotopic (exact) mass is 521 g/mol. The van der Waals surface area contributed by atoms with Crippen molar-refractivity contribution < 1.29 is 34.4 Å². The van der Waals surface area contributed by atoms with Crippen LogP contribution in [0.4, 0.5) is 5.95 Å². The van der Waals surface area contributed by atoms with Gasteiger partial charge in [0.15, 0.2) is 0 Å². The first-order valence-electron chi connectivity index (χ1n) is 10.1. The van der Waals surface area contributed by atoms with E-state index in [0.29, 0.717) is 12.2 Å². The lowest BCUT2D eigenvalue weighted by atomic mass is 10.3. The Morgan fingerprint density at radius 2 is 1.19 bits per heavy atom. The Bertz CT molecular complexity index is 911. The maximum absolute atomic E-state index is 11.0. The van der Waals surface area contributed by atoms with Crippen molar-refractivity contribution in [3.63, 3.8) is 0 Å². The molecule has 0 radical (unpaired) electrons. The van der Waals surface area contributed by atoms with Crippen LogP contribution in [0.3, 0.4) is 0 Å². The third kappa shape index (κ3) is 20.4. The highest BCUT2D eigenvalue weighted by molar-refractivity contribution is 7.88. The fourth-order valence-corrected chi connectivity index (χ4v) is 3.36. The molecule has 190 valence electrons. The maximum Gasteiger partial charge on any atom is 0.266 e. The van der Waals surface area contributed by atoms with Crippen LogP contribution in [0.2, 0.25) is 0 Å². The second-order valence-corrected chi connectivity index (χ2v) is 10.8. The van der Waals surface area contributed by atoms with Gasteiger partial charge in [-0.3, -0.25) is 9.11 Å². The Balaban J connectivity index is 0. The molecule has 0 unspecified atom stereocenters. The zero-order chi connectivity index (χ0) is 25.4. The second kappa shape index (κ2) is 16.2. The molecule has 0 bridgehead atoms. The highest BCUT2D eigenvalue weighted by Crippen LogP contribution is 2.07. The van der Waals surface area contributed by atoms with Gasteiger partial charge >= 0.3 is 0 Å². The molecule has 0 amide bonds. The number of hydrogen-bond donors (Lipinski definition) is 4. The lowest BCUT2D eigenvalue weighted by molar-refractivity contribution is 0.479. The lowest BCUT2D eigenvalue weighted by Gasteiger charge is -2.09. The highest BCUT2D eigenvalue weighted by Gasteiger charge is 2.11. The minimum absolute atomic E-state index is 0.0339. The van der Waals surface area contributed by atoms with E-state index in [-0.39, 0.29) is 44.1 Å². The fraction of sp³-hybridized carbons (Fsp3) is 0.812. The van der Waals surface area contributed by atoms with Crippen molar-refractivity contribution in [2.45, 2.75) is 53.4 Å². The van der Waals surface area contributed by atoms with Crippen molar-refractivity contribution in [2.24, 2.45) is 0 Å². The SMILES string of the molecule is CC.CC.CS(=O)(=O)NCCCc1nc(CCCS(=O)(=O)O)nc(NCCS(=O)(=O)O)n1. The highest BCUT2D eigenvalue weighted by atomic mass is 32.2. The van der Waals surface area contributed by atoms with Gasteiger partial charge in [0, 0.05) is 25.9 Å². The summed E-state index contributed by atoms with van der Waals surface area (Å²) in [6.45, 7) is 8.00. The van der Waals surface area contributed by atoms with E-state index >= 15 is 0 Å². The first-order chi connectivity index (χ1) is 14.7. The molecule has 1 aromatic heterocycles. The van der Waals surface area contributed by atoms with E-state index in [4.69, 9.17) is 9.11 Å². The van der Waals surface area contributed by atoms with Gasteiger partial charge in [-0.05, 0) is 12.8 Å². The number of rotatable bonds is 13. The fourth-order valence-electron chi connectivity index (χ4n) is 1.98. The molecule has 0 atom stereocenters. The zero-order valence-corrected chi connectivity index (χ0v) is 21.5. The average molecular weight is 522 g/mol. The topological polar surface area (TPSA) is 206 Å². The maximum atomic E-state index is 11.0. The van der Waals surface area contributed by atoms with Crippen molar-refractivity contribution in [3.05, 3.63) is 11.6 Å². The number of aromatic nitrogens is 3. The third-order valence-corrected chi connectivity index (χ3v) is 5.37. The van der Waals surface area contributed by atoms with Gasteiger partial charge in [-0.25, -0.2) is 18.1 Å². The van der Waals surface area contributed by atoms with Gasteiger partial charge in [0.25, 0.3) is 20.2 Å². The molecule has 0 aliphatic rings. The van der Waals surface area contributed by atoms with Crippen LogP contribution in [0.5, 0.6) is 0 Å². The summed E-state index contributed by atoms with van der Waals surface area (Å²) in [6.07, 6.45) is 1.86. The van der Waals surface area contributed by atoms with Gasteiger partial charge in [-0.15, -0.1) is 0 Å². The van der Waals surface area contributed by atoms with Crippen LogP contribution >= 0.6 is 0 Å². The summed E-state index contributed by atoms with van der Waals surface area (Å²) in [5, 5.41) is 2.62. The average Bonchev–Trinajstić information content (AvgIpc) is 2.66. The predicted octanol–water partition coefficient (Wildman–Crippen LogP) is 0.526. The Hall–Kier alpha value is -1.46. The van der Waals surface area contributed by atoms with Crippen LogP contribution in [0.15, 0.2) is 0 Å². The molecule has 1 heterocycles. The molecule has 4 N–H and O–H groups in total. The summed E-state index contributed by atoms with van der Waals surface area (Å²) < 4.78 is 85.1. The van der Waals surface area contributed by atoms with E-state index in [1.54, 1.807) is 0 Å². The molecule has 0 fully saturated rings. The van der Waals surface area contributed by atoms with Crippen molar-refractivity contribution in [3.8, 4) is 0 Å². The molecule has 0 saturated heterocycles. The van der Waals surface area contributed by atoms with E-state index in [1.165, 1.54) is 0 Å². The van der Waals surface area contributed by atoms with E-state index in [1.807, 2.05) is 27.7 Å². The summed E-state index contributed by atoms with van der Waals surface area (Å²) in [6, 6.07) is 0. The Labute approximate surface area is 191 Å².